The normalized spacial score (nSPS) is 12.2. The average molecular weight is 235 g/mol. The predicted molar refractivity (Wildman–Crippen MR) is 69.0 cm³/mol. The lowest BCUT2D eigenvalue weighted by Gasteiger charge is -2.19. The molecule has 94 valence electrons. The summed E-state index contributed by atoms with van der Waals surface area (Å²) in [6, 6.07) is 6.23. The quantitative estimate of drug-likeness (QED) is 0.744. The van der Waals surface area contributed by atoms with Crippen LogP contribution in [0.1, 0.15) is 35.6 Å². The third-order valence-electron chi connectivity index (χ3n) is 3.14. The molecule has 3 nitrogen and oxygen atoms in total. The van der Waals surface area contributed by atoms with E-state index in [0.29, 0.717) is 12.1 Å². The van der Waals surface area contributed by atoms with Gasteiger partial charge in [-0.25, -0.2) is 0 Å². The van der Waals surface area contributed by atoms with Gasteiger partial charge in [0.05, 0.1) is 6.10 Å². The van der Waals surface area contributed by atoms with Crippen molar-refractivity contribution in [2.24, 2.45) is 0 Å². The molecule has 1 unspecified atom stereocenters. The number of methoxy groups -OCH3 is 1. The Balaban J connectivity index is 2.79. The van der Waals surface area contributed by atoms with Gasteiger partial charge in [0.1, 0.15) is 0 Å². The highest BCUT2D eigenvalue weighted by Gasteiger charge is 2.14. The van der Waals surface area contributed by atoms with Crippen molar-refractivity contribution >= 4 is 0 Å². The molecule has 0 saturated carbocycles. The van der Waals surface area contributed by atoms with Gasteiger partial charge in [0.25, 0.3) is 0 Å². The Morgan fingerprint density at radius 2 is 2.18 bits per heavy atom. The van der Waals surface area contributed by atoms with Crippen molar-refractivity contribution in [3.05, 3.63) is 47.2 Å². The van der Waals surface area contributed by atoms with Gasteiger partial charge in [-0.1, -0.05) is 24.8 Å². The Labute approximate surface area is 103 Å². The van der Waals surface area contributed by atoms with Crippen LogP contribution < -0.4 is 5.48 Å². The maximum absolute atomic E-state index is 8.70. The average Bonchev–Trinajstić information content (AvgIpc) is 2.34. The number of rotatable bonds is 6. The number of hydrogen-bond acceptors (Lipinski definition) is 3. The van der Waals surface area contributed by atoms with E-state index in [2.05, 4.69) is 38.0 Å². The van der Waals surface area contributed by atoms with E-state index in [-0.39, 0.29) is 6.10 Å². The van der Waals surface area contributed by atoms with Crippen molar-refractivity contribution in [3.8, 4) is 0 Å². The molecule has 0 bridgehead atoms. The zero-order valence-electron chi connectivity index (χ0n) is 10.8. The van der Waals surface area contributed by atoms with Gasteiger partial charge in [-0.05, 0) is 43.4 Å². The first-order valence-corrected chi connectivity index (χ1v) is 5.77. The summed E-state index contributed by atoms with van der Waals surface area (Å²) in [4.78, 5) is 0. The van der Waals surface area contributed by atoms with Gasteiger partial charge >= 0.3 is 0 Å². The third kappa shape index (κ3) is 3.58. The Bertz CT molecular complexity index is 388. The van der Waals surface area contributed by atoms with Crippen LogP contribution in [0.3, 0.4) is 0 Å². The van der Waals surface area contributed by atoms with Crippen LogP contribution in [0.15, 0.2) is 30.5 Å². The van der Waals surface area contributed by atoms with Gasteiger partial charge in [0.15, 0.2) is 0 Å². The largest absolute Gasteiger partial charge is 0.377 e. The molecular formula is C14H21NO2. The lowest BCUT2D eigenvalue weighted by molar-refractivity contribution is 0.0925. The standard InChI is InChI=1S/C14H21NO2/c1-10-6-5-7-13(12(10)3)14(17-4)9-8-11(2)15-16/h5-7,14-16H,2,8-9H2,1,3-4H3. The van der Waals surface area contributed by atoms with Crippen LogP contribution in [0, 0.1) is 13.8 Å². The number of nitrogens with one attached hydrogen (secondary N) is 1. The molecule has 0 heterocycles. The smallest absolute Gasteiger partial charge is 0.0827 e. The number of allylic oxidation sites excluding steroid dienone is 1. The van der Waals surface area contributed by atoms with E-state index in [1.54, 1.807) is 7.11 Å². The summed E-state index contributed by atoms with van der Waals surface area (Å²) in [5.41, 5.74) is 6.42. The summed E-state index contributed by atoms with van der Waals surface area (Å²) < 4.78 is 5.52. The molecule has 1 aromatic carbocycles. The summed E-state index contributed by atoms with van der Waals surface area (Å²) in [6.07, 6.45) is 1.52. The highest BCUT2D eigenvalue weighted by atomic mass is 16.5. The first-order valence-electron chi connectivity index (χ1n) is 5.77. The number of aryl methyl sites for hydroxylation is 1. The molecule has 0 radical (unpaired) electrons. The van der Waals surface area contributed by atoms with Gasteiger partial charge in [0, 0.05) is 12.8 Å². The van der Waals surface area contributed by atoms with Crippen molar-refractivity contribution in [2.45, 2.75) is 32.8 Å². The van der Waals surface area contributed by atoms with E-state index >= 15 is 0 Å². The fourth-order valence-electron chi connectivity index (χ4n) is 1.88. The van der Waals surface area contributed by atoms with Gasteiger partial charge in [-0.15, -0.1) is 0 Å². The molecule has 0 aliphatic heterocycles. The Morgan fingerprint density at radius 1 is 1.47 bits per heavy atom. The Morgan fingerprint density at radius 3 is 2.76 bits per heavy atom. The SMILES string of the molecule is C=C(CCC(OC)c1cccc(C)c1C)NO. The van der Waals surface area contributed by atoms with E-state index in [0.717, 1.165) is 6.42 Å². The van der Waals surface area contributed by atoms with Crippen molar-refractivity contribution in [2.75, 3.05) is 7.11 Å². The second-order valence-electron chi connectivity index (χ2n) is 4.27. The van der Waals surface area contributed by atoms with E-state index in [9.17, 15) is 0 Å². The molecule has 1 rings (SSSR count). The molecule has 1 aromatic rings. The molecule has 1 atom stereocenters. The fraction of sp³-hybridized carbons (Fsp3) is 0.429. The molecule has 0 saturated heterocycles. The topological polar surface area (TPSA) is 41.5 Å². The fourth-order valence-corrected chi connectivity index (χ4v) is 1.88. The molecule has 0 aromatic heterocycles. The molecule has 0 aliphatic carbocycles. The molecule has 2 N–H and O–H groups in total. The molecule has 3 heteroatoms. The van der Waals surface area contributed by atoms with Crippen LogP contribution in [0.2, 0.25) is 0 Å². The van der Waals surface area contributed by atoms with Crippen molar-refractivity contribution in [1.82, 2.24) is 5.48 Å². The third-order valence-corrected chi connectivity index (χ3v) is 3.14. The molecule has 17 heavy (non-hydrogen) atoms. The van der Waals surface area contributed by atoms with Crippen molar-refractivity contribution in [1.29, 1.82) is 0 Å². The van der Waals surface area contributed by atoms with Gasteiger partial charge < -0.3 is 4.74 Å². The first-order chi connectivity index (χ1) is 8.10. The van der Waals surface area contributed by atoms with Gasteiger partial charge in [-0.2, -0.15) is 0 Å². The number of hydroxylamine groups is 1. The van der Waals surface area contributed by atoms with Gasteiger partial charge in [-0.3, -0.25) is 10.7 Å². The predicted octanol–water partition coefficient (Wildman–Crippen LogP) is 3.26. The molecular weight excluding hydrogens is 214 g/mol. The molecule has 0 aliphatic rings. The van der Waals surface area contributed by atoms with Crippen LogP contribution in [0.4, 0.5) is 0 Å². The molecule has 0 spiro atoms. The minimum absolute atomic E-state index is 0.0417. The van der Waals surface area contributed by atoms with Crippen LogP contribution in [-0.4, -0.2) is 12.3 Å². The lowest BCUT2D eigenvalue weighted by atomic mass is 9.96. The summed E-state index contributed by atoms with van der Waals surface area (Å²) in [7, 11) is 1.71. The monoisotopic (exact) mass is 235 g/mol. The van der Waals surface area contributed by atoms with E-state index in [4.69, 9.17) is 9.94 Å². The maximum atomic E-state index is 8.70. The van der Waals surface area contributed by atoms with Crippen LogP contribution in [0.25, 0.3) is 0 Å². The first kappa shape index (κ1) is 13.7. The van der Waals surface area contributed by atoms with E-state index in [1.807, 2.05) is 6.07 Å². The van der Waals surface area contributed by atoms with E-state index in [1.165, 1.54) is 16.7 Å². The lowest BCUT2D eigenvalue weighted by Crippen LogP contribution is -2.09. The zero-order valence-corrected chi connectivity index (χ0v) is 10.8. The second kappa shape index (κ2) is 6.42. The minimum atomic E-state index is 0.0417. The van der Waals surface area contributed by atoms with Gasteiger partial charge in [0.2, 0.25) is 0 Å². The van der Waals surface area contributed by atoms with Crippen LogP contribution in [0.5, 0.6) is 0 Å². The van der Waals surface area contributed by atoms with Crippen molar-refractivity contribution < 1.29 is 9.94 Å². The summed E-state index contributed by atoms with van der Waals surface area (Å²) in [5.74, 6) is 0. The molecule has 0 amide bonds. The van der Waals surface area contributed by atoms with E-state index < -0.39 is 0 Å². The maximum Gasteiger partial charge on any atom is 0.0827 e. The number of ether oxygens (including phenoxy) is 1. The second-order valence-corrected chi connectivity index (χ2v) is 4.27. The van der Waals surface area contributed by atoms with Crippen molar-refractivity contribution in [3.63, 3.8) is 0 Å². The zero-order chi connectivity index (χ0) is 12.8. The Kier molecular flexibility index (Phi) is 5.19. The van der Waals surface area contributed by atoms with Crippen LogP contribution >= 0.6 is 0 Å². The number of hydrogen-bond donors (Lipinski definition) is 2. The number of benzene rings is 1. The highest BCUT2D eigenvalue weighted by molar-refractivity contribution is 5.34. The molecule has 0 fully saturated rings. The van der Waals surface area contributed by atoms with Crippen LogP contribution in [-0.2, 0) is 4.74 Å². The summed E-state index contributed by atoms with van der Waals surface area (Å²) in [6.45, 7) is 7.90. The minimum Gasteiger partial charge on any atom is -0.377 e. The summed E-state index contributed by atoms with van der Waals surface area (Å²) >= 11 is 0. The summed E-state index contributed by atoms with van der Waals surface area (Å²) in [5, 5.41) is 8.70. The Hall–Kier alpha value is -1.32. The highest BCUT2D eigenvalue weighted by Crippen LogP contribution is 2.27.